The second-order valence-corrected chi connectivity index (χ2v) is 28.4. The standard InChI is InChI=1S/C43H39NO7S.C36H33NO7S.C2H6S/c1-29-15-17-32(18-16-29)19-20-33-21-22-37-39(27-33)44(23-9-10-24-52(47,48)49)38-14-8-7-13-36(38)40(37)43(46)51-41-30(2)25-35(26-31(41)3)42(45)50-28-34-11-5-4-6-12-34;1-23-10-12-26(13-11-23)14-15-27-16-17-30-32(22-27)37(18-6-7-19-45(41,42)43)31-9-5-4-8-29(31)33(30)36(40)44-34-24(2)20-28(35(38)39)21-25(34)3;1-3-2/h4-8,11-22,25-27H,9-10,23-24,28H2,1-3H3;4-5,8-17,20-22H,6-7,18-19H2,1-3H3,(H-,38,39,41,42,43);1-2H3/b20-19+;15-14+;. The minimum Gasteiger partial charge on any atom is -0.748 e. The first kappa shape index (κ1) is 74.1. The predicted molar refractivity (Wildman–Crippen MR) is 395 cm³/mol. The van der Waals surface area contributed by atoms with Crippen LogP contribution >= 0.6 is 11.8 Å². The Hall–Kier alpha value is -10.2. The lowest BCUT2D eigenvalue weighted by molar-refractivity contribution is -0.646. The van der Waals surface area contributed by atoms with E-state index in [9.17, 15) is 50.2 Å². The molecule has 11 rings (SSSR count). The molecular weight excluding hydrogens is 1320 g/mol. The first-order chi connectivity index (χ1) is 47.8. The van der Waals surface area contributed by atoms with Gasteiger partial charge in [-0.05, 0) is 165 Å². The number of hydrogen-bond donors (Lipinski definition) is 1. The van der Waals surface area contributed by atoms with E-state index < -0.39 is 55.6 Å². The molecule has 514 valence electrons. The van der Waals surface area contributed by atoms with Crippen LogP contribution < -0.4 is 18.6 Å². The number of aromatic carboxylic acids is 1. The van der Waals surface area contributed by atoms with Crippen molar-refractivity contribution < 1.29 is 73.6 Å². The van der Waals surface area contributed by atoms with Crippen molar-refractivity contribution in [3.8, 4) is 11.5 Å². The second-order valence-electron chi connectivity index (χ2n) is 24.5. The second kappa shape index (κ2) is 33.6. The third kappa shape index (κ3) is 19.4. The zero-order valence-electron chi connectivity index (χ0n) is 56.9. The fourth-order valence-corrected chi connectivity index (χ4v) is 13.0. The van der Waals surface area contributed by atoms with Crippen LogP contribution in [0.5, 0.6) is 11.5 Å². The van der Waals surface area contributed by atoms with Gasteiger partial charge < -0.3 is 28.4 Å². The van der Waals surface area contributed by atoms with Gasteiger partial charge in [0, 0.05) is 48.6 Å². The van der Waals surface area contributed by atoms with E-state index in [0.29, 0.717) is 97.9 Å². The largest absolute Gasteiger partial charge is 0.748 e. The van der Waals surface area contributed by atoms with Crippen molar-refractivity contribution in [2.24, 2.45) is 0 Å². The Bertz CT molecular complexity index is 5120. The molecule has 0 bridgehead atoms. The van der Waals surface area contributed by atoms with Gasteiger partial charge in [-0.25, -0.2) is 36.0 Å². The van der Waals surface area contributed by atoms with Crippen molar-refractivity contribution in [3.05, 3.63) is 272 Å². The monoisotopic (exact) mass is 1400 g/mol. The Morgan fingerprint density at radius 1 is 0.430 bits per heavy atom. The number of nitrogens with zero attached hydrogens (tertiary/aromatic N) is 2. The van der Waals surface area contributed by atoms with E-state index in [1.165, 1.54) is 17.7 Å². The molecule has 9 aromatic carbocycles. The Balaban J connectivity index is 0.000000227. The van der Waals surface area contributed by atoms with Crippen LogP contribution in [0, 0.1) is 41.5 Å². The topological polar surface area (TPSA) is 238 Å². The molecule has 16 nitrogen and oxygen atoms in total. The van der Waals surface area contributed by atoms with E-state index in [0.717, 1.165) is 55.4 Å². The first-order valence-electron chi connectivity index (χ1n) is 32.4. The highest BCUT2D eigenvalue weighted by Crippen LogP contribution is 2.34. The van der Waals surface area contributed by atoms with E-state index in [4.69, 9.17) is 14.2 Å². The molecule has 0 spiro atoms. The van der Waals surface area contributed by atoms with E-state index in [-0.39, 0.29) is 25.0 Å². The molecule has 0 saturated heterocycles. The molecule has 2 heterocycles. The van der Waals surface area contributed by atoms with Crippen molar-refractivity contribution in [1.29, 1.82) is 0 Å². The Morgan fingerprint density at radius 2 is 0.780 bits per heavy atom. The zero-order valence-corrected chi connectivity index (χ0v) is 59.4. The Kier molecular flexibility index (Phi) is 24.9. The maximum Gasteiger partial charge on any atom is 0.345 e. The number of carbonyl (C=O) groups is 4. The SMILES string of the molecule is CSC.Cc1ccc(/C=C/c2ccc3c(C(=O)Oc4c(C)cc(C(=O)O)cc4C)c4ccccc4[n+](CCCCS(=O)(=O)[O-])c3c2)cc1.Cc1ccc(/C=C/c2ccc3c(C(=O)Oc4c(C)cc(C(=O)OCc5ccccc5)cc4C)c4ccccc4[n+](CCCCS(=O)(=O)[O-])c3c2)cc1. The van der Waals surface area contributed by atoms with Gasteiger partial charge in [0.25, 0.3) is 0 Å². The fourth-order valence-electron chi connectivity index (χ4n) is 11.9. The molecule has 0 saturated carbocycles. The van der Waals surface area contributed by atoms with Crippen LogP contribution in [0.15, 0.2) is 188 Å². The van der Waals surface area contributed by atoms with Crippen molar-refractivity contribution in [2.45, 2.75) is 86.9 Å². The highest BCUT2D eigenvalue weighted by Gasteiger charge is 2.29. The van der Waals surface area contributed by atoms with Crippen LogP contribution in [0.25, 0.3) is 67.9 Å². The summed E-state index contributed by atoms with van der Waals surface area (Å²) in [5.41, 5.74) is 13.6. The summed E-state index contributed by atoms with van der Waals surface area (Å²) in [5.74, 6) is -2.91. The van der Waals surface area contributed by atoms with E-state index >= 15 is 0 Å². The number of carbonyl (C=O) groups excluding carboxylic acids is 3. The number of unbranched alkanes of at least 4 members (excludes halogenated alkanes) is 2. The predicted octanol–water partition coefficient (Wildman–Crippen LogP) is 15.9. The summed E-state index contributed by atoms with van der Waals surface area (Å²) in [6, 6.07) is 58.6. The number of aryl methyl sites for hydroxylation is 8. The van der Waals surface area contributed by atoms with Crippen LogP contribution in [0.4, 0.5) is 0 Å². The molecule has 0 radical (unpaired) electrons. The molecule has 0 aliphatic carbocycles. The summed E-state index contributed by atoms with van der Waals surface area (Å²) in [6.07, 6.45) is 13.4. The molecule has 0 aliphatic rings. The van der Waals surface area contributed by atoms with Crippen LogP contribution in [0.3, 0.4) is 0 Å². The van der Waals surface area contributed by atoms with Gasteiger partial charge in [-0.3, -0.25) is 0 Å². The normalized spacial score (nSPS) is 11.6. The number of rotatable bonds is 22. The van der Waals surface area contributed by atoms with Crippen molar-refractivity contribution in [1.82, 2.24) is 0 Å². The average molecular weight is 1400 g/mol. The van der Waals surface area contributed by atoms with E-state index in [1.54, 1.807) is 51.6 Å². The number of hydrogen-bond acceptors (Lipinski definition) is 14. The highest BCUT2D eigenvalue weighted by atomic mass is 32.2. The zero-order chi connectivity index (χ0) is 71.8. The Morgan fingerprint density at radius 3 is 1.17 bits per heavy atom. The summed E-state index contributed by atoms with van der Waals surface area (Å²) in [4.78, 5) is 52.8. The third-order valence-corrected chi connectivity index (χ3v) is 18.2. The third-order valence-electron chi connectivity index (χ3n) is 16.6. The summed E-state index contributed by atoms with van der Waals surface area (Å²) < 4.78 is 89.5. The van der Waals surface area contributed by atoms with Gasteiger partial charge in [0.15, 0.2) is 0 Å². The molecule has 0 amide bonds. The average Bonchev–Trinajstić information content (AvgIpc) is 0.749. The molecule has 0 unspecified atom stereocenters. The number of ether oxygens (including phenoxy) is 3. The van der Waals surface area contributed by atoms with Gasteiger partial charge in [-0.1, -0.05) is 151 Å². The quantitative estimate of drug-likeness (QED) is 0.0126. The van der Waals surface area contributed by atoms with Crippen LogP contribution in [-0.4, -0.2) is 78.9 Å². The van der Waals surface area contributed by atoms with Crippen LogP contribution in [0.2, 0.25) is 0 Å². The minimum atomic E-state index is -4.34. The number of carboxylic acids is 1. The number of pyridine rings is 2. The highest BCUT2D eigenvalue weighted by molar-refractivity contribution is 7.97. The number of carboxylic acid groups (broad SMARTS) is 1. The minimum absolute atomic E-state index is 0.109. The number of esters is 3. The lowest BCUT2D eigenvalue weighted by Crippen LogP contribution is -2.37. The van der Waals surface area contributed by atoms with Crippen LogP contribution in [-0.2, 0) is 44.7 Å². The molecule has 19 heteroatoms. The number of fused-ring (bicyclic) bond motifs is 4. The number of para-hydroxylation sites is 2. The number of benzene rings is 9. The van der Waals surface area contributed by atoms with Gasteiger partial charge in [0.05, 0.1) is 64.0 Å². The summed E-state index contributed by atoms with van der Waals surface area (Å²) in [7, 11) is -8.67. The lowest BCUT2D eigenvalue weighted by Gasteiger charge is -2.15. The maximum absolute atomic E-state index is 14.3. The van der Waals surface area contributed by atoms with Gasteiger partial charge >= 0.3 is 23.9 Å². The smallest absolute Gasteiger partial charge is 0.345 e. The molecule has 1 N–H and O–H groups in total. The number of aromatic nitrogens is 2. The van der Waals surface area contributed by atoms with E-state index in [2.05, 4.69) is 16.7 Å². The molecule has 11 aromatic rings. The van der Waals surface area contributed by atoms with Gasteiger partial charge in [-0.2, -0.15) is 20.9 Å². The fraction of sp³-hybridized carbons (Fsp3) is 0.210. The molecule has 100 heavy (non-hydrogen) atoms. The van der Waals surface area contributed by atoms with Crippen molar-refractivity contribution >= 4 is 124 Å². The van der Waals surface area contributed by atoms with Gasteiger partial charge in [0.1, 0.15) is 31.2 Å². The molecule has 0 atom stereocenters. The summed E-state index contributed by atoms with van der Waals surface area (Å²) in [6.45, 7) is 12.0. The molecule has 0 fully saturated rings. The van der Waals surface area contributed by atoms with Crippen molar-refractivity contribution in [2.75, 3.05) is 24.0 Å². The molecule has 0 aliphatic heterocycles. The maximum atomic E-state index is 14.3. The van der Waals surface area contributed by atoms with Gasteiger partial charge in [-0.15, -0.1) is 0 Å². The summed E-state index contributed by atoms with van der Waals surface area (Å²) in [5, 5.41) is 12.0. The summed E-state index contributed by atoms with van der Waals surface area (Å²) >= 11 is 1.75. The Labute approximate surface area is 587 Å². The van der Waals surface area contributed by atoms with Crippen LogP contribution in [0.1, 0.15) is 128 Å². The molecular formula is C81H78N2O14S3. The lowest BCUT2D eigenvalue weighted by atomic mass is 9.99. The van der Waals surface area contributed by atoms with E-state index in [1.807, 2.05) is 207 Å². The van der Waals surface area contributed by atoms with Crippen molar-refractivity contribution in [3.63, 3.8) is 0 Å². The first-order valence-corrected chi connectivity index (χ1v) is 37.2. The number of thioether (sulfide) groups is 1. The molecule has 2 aromatic heterocycles. The van der Waals surface area contributed by atoms with Gasteiger partial charge in [0.2, 0.25) is 22.1 Å².